The fourth-order valence-corrected chi connectivity index (χ4v) is 2.03. The maximum absolute atomic E-state index is 11.3. The first-order valence-corrected chi connectivity index (χ1v) is 5.32. The molecule has 4 N–H and O–H groups in total. The first kappa shape index (κ1) is 11.1. The molecule has 88 valence electrons. The highest BCUT2D eigenvalue weighted by atomic mass is 16.3. The van der Waals surface area contributed by atoms with Gasteiger partial charge in [0, 0.05) is 24.7 Å². The monoisotopic (exact) mass is 224 g/mol. The Morgan fingerprint density at radius 2 is 2.38 bits per heavy atom. The van der Waals surface area contributed by atoms with Gasteiger partial charge in [-0.2, -0.15) is 5.10 Å². The predicted octanol–water partition coefficient (Wildman–Crippen LogP) is -0.300. The minimum atomic E-state index is -0.633. The molecule has 0 radical (unpaired) electrons. The van der Waals surface area contributed by atoms with Crippen molar-refractivity contribution in [1.82, 2.24) is 15.1 Å². The lowest BCUT2D eigenvalue weighted by Crippen LogP contribution is -2.30. The van der Waals surface area contributed by atoms with E-state index in [2.05, 4.69) is 10.4 Å². The third-order valence-corrected chi connectivity index (χ3v) is 2.73. The van der Waals surface area contributed by atoms with Gasteiger partial charge in [0.1, 0.15) is 6.10 Å². The topological polar surface area (TPSA) is 93.2 Å². The number of fused-ring (bicyclic) bond motifs is 1. The van der Waals surface area contributed by atoms with Crippen molar-refractivity contribution in [3.63, 3.8) is 0 Å². The lowest BCUT2D eigenvalue weighted by atomic mass is 10.0. The van der Waals surface area contributed by atoms with Gasteiger partial charge < -0.3 is 16.2 Å². The molecule has 6 heteroatoms. The number of primary amides is 1. The number of nitrogens with zero attached hydrogens (tertiary/aromatic N) is 2. The standard InChI is InChI=1S/C10H16N4O2/c1-5(2)14-9-6(3-12-4-7(9)15)8(13-14)10(11)16/h5,7,12,15H,3-4H2,1-2H3,(H2,11,16). The van der Waals surface area contributed by atoms with Crippen LogP contribution in [0.4, 0.5) is 0 Å². The van der Waals surface area contributed by atoms with Crippen LogP contribution in [-0.4, -0.2) is 27.3 Å². The molecule has 2 heterocycles. The highest BCUT2D eigenvalue weighted by Crippen LogP contribution is 2.27. The zero-order chi connectivity index (χ0) is 11.9. The number of aromatic nitrogens is 2. The lowest BCUT2D eigenvalue weighted by molar-refractivity contribution is 0.0993. The Labute approximate surface area is 93.4 Å². The van der Waals surface area contributed by atoms with Gasteiger partial charge in [0.05, 0.1) is 5.69 Å². The lowest BCUT2D eigenvalue weighted by Gasteiger charge is -2.22. The first-order chi connectivity index (χ1) is 7.52. The third-order valence-electron chi connectivity index (χ3n) is 2.73. The number of amides is 1. The second-order valence-electron chi connectivity index (χ2n) is 4.26. The molecule has 0 aromatic carbocycles. The van der Waals surface area contributed by atoms with Crippen molar-refractivity contribution in [2.24, 2.45) is 5.73 Å². The Morgan fingerprint density at radius 3 is 2.94 bits per heavy atom. The van der Waals surface area contributed by atoms with Gasteiger partial charge in [0.2, 0.25) is 0 Å². The molecular formula is C10H16N4O2. The zero-order valence-corrected chi connectivity index (χ0v) is 9.40. The van der Waals surface area contributed by atoms with E-state index in [1.807, 2.05) is 13.8 Å². The number of nitrogens with two attached hydrogens (primary N) is 1. The van der Waals surface area contributed by atoms with Gasteiger partial charge >= 0.3 is 0 Å². The van der Waals surface area contributed by atoms with E-state index in [4.69, 9.17) is 5.73 Å². The summed E-state index contributed by atoms with van der Waals surface area (Å²) >= 11 is 0. The van der Waals surface area contributed by atoms with E-state index in [0.717, 1.165) is 5.56 Å². The summed E-state index contributed by atoms with van der Waals surface area (Å²) in [6.45, 7) is 4.90. The summed E-state index contributed by atoms with van der Waals surface area (Å²) in [5.74, 6) is -0.549. The van der Waals surface area contributed by atoms with Crippen LogP contribution in [0.3, 0.4) is 0 Å². The van der Waals surface area contributed by atoms with E-state index < -0.39 is 12.0 Å². The van der Waals surface area contributed by atoms with Crippen molar-refractivity contribution < 1.29 is 9.90 Å². The number of hydrogen-bond acceptors (Lipinski definition) is 4. The normalized spacial score (nSPS) is 19.9. The molecule has 0 aliphatic carbocycles. The summed E-state index contributed by atoms with van der Waals surface area (Å²) in [4.78, 5) is 11.3. The molecule has 16 heavy (non-hydrogen) atoms. The predicted molar refractivity (Wildman–Crippen MR) is 57.8 cm³/mol. The van der Waals surface area contributed by atoms with Crippen LogP contribution in [0, 0.1) is 0 Å². The number of carbonyl (C=O) groups is 1. The Hall–Kier alpha value is -1.40. The Balaban J connectivity index is 2.60. The van der Waals surface area contributed by atoms with E-state index in [1.165, 1.54) is 0 Å². The molecule has 0 spiro atoms. The largest absolute Gasteiger partial charge is 0.385 e. The highest BCUT2D eigenvalue weighted by molar-refractivity contribution is 5.92. The summed E-state index contributed by atoms with van der Waals surface area (Å²) in [5.41, 5.74) is 6.96. The molecule has 0 bridgehead atoms. The fourth-order valence-electron chi connectivity index (χ4n) is 2.03. The average Bonchev–Trinajstić information content (AvgIpc) is 2.58. The number of aliphatic hydroxyl groups is 1. The number of hydrogen-bond donors (Lipinski definition) is 3. The molecule has 1 atom stereocenters. The van der Waals surface area contributed by atoms with Gasteiger partial charge in [-0.15, -0.1) is 0 Å². The molecule has 1 aliphatic rings. The van der Waals surface area contributed by atoms with Gasteiger partial charge in [0.15, 0.2) is 5.69 Å². The summed E-state index contributed by atoms with van der Waals surface area (Å²) in [6, 6.07) is 0.0922. The number of rotatable bonds is 2. The van der Waals surface area contributed by atoms with Gasteiger partial charge in [-0.05, 0) is 13.8 Å². The second-order valence-corrected chi connectivity index (χ2v) is 4.26. The molecule has 2 rings (SSSR count). The van der Waals surface area contributed by atoms with E-state index >= 15 is 0 Å². The molecule has 1 amide bonds. The van der Waals surface area contributed by atoms with Crippen LogP contribution < -0.4 is 11.1 Å². The summed E-state index contributed by atoms with van der Waals surface area (Å²) in [5, 5.41) is 17.1. The van der Waals surface area contributed by atoms with Crippen molar-refractivity contribution in [2.45, 2.75) is 32.5 Å². The molecule has 1 aliphatic heterocycles. The number of carbonyl (C=O) groups excluding carboxylic acids is 1. The molecule has 0 fully saturated rings. The minimum Gasteiger partial charge on any atom is -0.385 e. The Morgan fingerprint density at radius 1 is 1.69 bits per heavy atom. The maximum Gasteiger partial charge on any atom is 0.269 e. The fraction of sp³-hybridized carbons (Fsp3) is 0.600. The van der Waals surface area contributed by atoms with Crippen LogP contribution in [0.1, 0.15) is 47.7 Å². The van der Waals surface area contributed by atoms with Crippen molar-refractivity contribution in [1.29, 1.82) is 0 Å². The van der Waals surface area contributed by atoms with Crippen LogP contribution >= 0.6 is 0 Å². The van der Waals surface area contributed by atoms with E-state index in [1.54, 1.807) is 4.68 Å². The third kappa shape index (κ3) is 1.60. The molecule has 1 aromatic rings. The Kier molecular flexibility index (Phi) is 2.69. The second kappa shape index (κ2) is 3.88. The molecule has 0 saturated heterocycles. The SMILES string of the molecule is CC(C)n1nc(C(N)=O)c2c1C(O)CNC2. The molecule has 1 unspecified atom stereocenters. The minimum absolute atomic E-state index is 0.0922. The van der Waals surface area contributed by atoms with Gasteiger partial charge in [-0.3, -0.25) is 9.48 Å². The zero-order valence-electron chi connectivity index (χ0n) is 9.40. The maximum atomic E-state index is 11.3. The quantitative estimate of drug-likeness (QED) is 0.643. The Bertz CT molecular complexity index is 425. The number of aliphatic hydroxyl groups excluding tert-OH is 1. The summed E-state index contributed by atoms with van der Waals surface area (Å²) in [6.07, 6.45) is -0.633. The highest BCUT2D eigenvalue weighted by Gasteiger charge is 2.29. The van der Waals surface area contributed by atoms with Crippen LogP contribution in [0.2, 0.25) is 0 Å². The van der Waals surface area contributed by atoms with Crippen LogP contribution in [0.5, 0.6) is 0 Å². The molecule has 1 aromatic heterocycles. The molecule has 0 saturated carbocycles. The van der Waals surface area contributed by atoms with E-state index in [-0.39, 0.29) is 11.7 Å². The molecular weight excluding hydrogens is 208 g/mol. The smallest absolute Gasteiger partial charge is 0.269 e. The van der Waals surface area contributed by atoms with E-state index in [9.17, 15) is 9.90 Å². The summed E-state index contributed by atoms with van der Waals surface area (Å²) in [7, 11) is 0. The van der Waals surface area contributed by atoms with Gasteiger partial charge in [0.25, 0.3) is 5.91 Å². The van der Waals surface area contributed by atoms with E-state index in [0.29, 0.717) is 18.8 Å². The summed E-state index contributed by atoms with van der Waals surface area (Å²) < 4.78 is 1.68. The van der Waals surface area contributed by atoms with Crippen molar-refractivity contribution in [2.75, 3.05) is 6.54 Å². The van der Waals surface area contributed by atoms with Gasteiger partial charge in [-0.1, -0.05) is 0 Å². The van der Waals surface area contributed by atoms with Crippen LogP contribution in [0.25, 0.3) is 0 Å². The van der Waals surface area contributed by atoms with Crippen molar-refractivity contribution in [3.05, 3.63) is 17.0 Å². The average molecular weight is 224 g/mol. The number of nitrogens with one attached hydrogen (secondary N) is 1. The number of β-amino-alcohol motifs (C(OH)–C–C–N with tert-alkyl or cyclic N) is 1. The van der Waals surface area contributed by atoms with Gasteiger partial charge in [-0.25, -0.2) is 0 Å². The first-order valence-electron chi connectivity index (χ1n) is 5.32. The van der Waals surface area contributed by atoms with Crippen molar-refractivity contribution >= 4 is 5.91 Å². The van der Waals surface area contributed by atoms with Crippen LogP contribution in [0.15, 0.2) is 0 Å². The molecule has 6 nitrogen and oxygen atoms in total. The van der Waals surface area contributed by atoms with Crippen LogP contribution in [-0.2, 0) is 6.54 Å². The van der Waals surface area contributed by atoms with Crippen molar-refractivity contribution in [3.8, 4) is 0 Å².